The molecule has 12 heteroatoms. The van der Waals surface area contributed by atoms with Crippen molar-refractivity contribution in [2.45, 2.75) is 73.5 Å². The van der Waals surface area contributed by atoms with Gasteiger partial charge < -0.3 is 14.2 Å². The van der Waals surface area contributed by atoms with Crippen LogP contribution in [0.5, 0.6) is 5.75 Å². The summed E-state index contributed by atoms with van der Waals surface area (Å²) >= 11 is 8.08. The molecule has 3 heterocycles. The average molecular weight is 598 g/mol. The predicted molar refractivity (Wildman–Crippen MR) is 160 cm³/mol. The molecule has 3 aromatic heterocycles. The molecule has 0 aliphatic carbocycles. The molecule has 0 aliphatic rings. The van der Waals surface area contributed by atoms with Crippen molar-refractivity contribution in [3.8, 4) is 17.5 Å². The highest BCUT2D eigenvalue weighted by Crippen LogP contribution is 2.45. The molecule has 0 spiro atoms. The van der Waals surface area contributed by atoms with Gasteiger partial charge in [0.05, 0.1) is 28.7 Å². The lowest BCUT2D eigenvalue weighted by molar-refractivity contribution is 0.0428. The number of benzene rings is 1. The molecule has 2 amide bonds. The third-order valence-electron chi connectivity index (χ3n) is 5.99. The first-order valence-electron chi connectivity index (χ1n) is 12.8. The van der Waals surface area contributed by atoms with Crippen LogP contribution in [0.15, 0.2) is 12.1 Å². The van der Waals surface area contributed by atoms with E-state index in [0.717, 1.165) is 15.5 Å². The molecule has 10 nitrogen and oxygen atoms in total. The number of imide groups is 1. The first-order valence-corrected chi connectivity index (χ1v) is 14.0. The largest absolute Gasteiger partial charge is 0.496 e. The lowest BCUT2D eigenvalue weighted by Gasteiger charge is -2.30. The lowest BCUT2D eigenvalue weighted by Crippen LogP contribution is -2.45. The number of aryl methyl sites for hydroxylation is 2. The second kappa shape index (κ2) is 10.5. The number of methoxy groups -OCH3 is 1. The Morgan fingerprint density at radius 3 is 2.12 bits per heavy atom. The summed E-state index contributed by atoms with van der Waals surface area (Å²) in [5.41, 5.74) is 0.893. The van der Waals surface area contributed by atoms with E-state index in [1.54, 1.807) is 53.2 Å². The van der Waals surface area contributed by atoms with E-state index in [2.05, 4.69) is 11.1 Å². The highest BCUT2D eigenvalue weighted by molar-refractivity contribution is 7.18. The summed E-state index contributed by atoms with van der Waals surface area (Å²) in [4.78, 5) is 38.2. The Labute approximate surface area is 247 Å². The van der Waals surface area contributed by atoms with Crippen molar-refractivity contribution in [3.05, 3.63) is 39.0 Å². The number of pyridine rings is 1. The number of amides is 2. The van der Waals surface area contributed by atoms with E-state index in [4.69, 9.17) is 30.8 Å². The zero-order valence-corrected chi connectivity index (χ0v) is 26.3. The monoisotopic (exact) mass is 597 g/mol. The van der Waals surface area contributed by atoms with Crippen LogP contribution in [-0.2, 0) is 9.47 Å². The van der Waals surface area contributed by atoms with Crippen molar-refractivity contribution in [1.29, 1.82) is 5.26 Å². The van der Waals surface area contributed by atoms with E-state index in [0.29, 0.717) is 32.9 Å². The fourth-order valence-electron chi connectivity index (χ4n) is 4.56. The quantitative estimate of drug-likeness (QED) is 0.220. The van der Waals surface area contributed by atoms with Gasteiger partial charge in [-0.2, -0.15) is 10.2 Å². The van der Waals surface area contributed by atoms with Crippen molar-refractivity contribution in [3.63, 3.8) is 0 Å². The number of ether oxygens (including phenoxy) is 3. The molecule has 0 aliphatic heterocycles. The van der Waals surface area contributed by atoms with Crippen LogP contribution < -0.4 is 9.64 Å². The second-order valence-electron chi connectivity index (χ2n) is 11.5. The maximum absolute atomic E-state index is 13.9. The average Bonchev–Trinajstić information content (AvgIpc) is 3.34. The number of anilines is 1. The number of thiazole rings is 1. The number of hydrogen-bond acceptors (Lipinski definition) is 9. The van der Waals surface area contributed by atoms with E-state index in [-0.39, 0.29) is 21.9 Å². The molecule has 41 heavy (non-hydrogen) atoms. The van der Waals surface area contributed by atoms with Crippen LogP contribution in [0.3, 0.4) is 0 Å². The molecule has 0 unspecified atom stereocenters. The highest BCUT2D eigenvalue weighted by Gasteiger charge is 2.40. The Balaban J connectivity index is 2.29. The first-order chi connectivity index (χ1) is 19.0. The minimum atomic E-state index is -1.03. The van der Waals surface area contributed by atoms with E-state index in [9.17, 15) is 14.9 Å². The number of hydrogen-bond donors (Lipinski definition) is 0. The minimum absolute atomic E-state index is 0.0271. The number of halogens is 1. The molecule has 0 fully saturated rings. The number of fused-ring (bicyclic) bond motifs is 3. The molecule has 0 bridgehead atoms. The van der Waals surface area contributed by atoms with E-state index < -0.39 is 23.4 Å². The van der Waals surface area contributed by atoms with Gasteiger partial charge in [0.2, 0.25) is 0 Å². The summed E-state index contributed by atoms with van der Waals surface area (Å²) in [5, 5.41) is 11.6. The van der Waals surface area contributed by atoms with Gasteiger partial charge in [-0.25, -0.2) is 19.6 Å². The fraction of sp³-hybridized carbons (Fsp3) is 0.414. The molecule has 0 radical (unpaired) electrons. The zero-order chi connectivity index (χ0) is 30.6. The van der Waals surface area contributed by atoms with Crippen LogP contribution in [0.2, 0.25) is 5.15 Å². The van der Waals surface area contributed by atoms with Gasteiger partial charge in [-0.1, -0.05) is 29.0 Å². The summed E-state index contributed by atoms with van der Waals surface area (Å²) < 4.78 is 18.6. The van der Waals surface area contributed by atoms with Crippen molar-refractivity contribution < 1.29 is 23.8 Å². The van der Waals surface area contributed by atoms with E-state index >= 15 is 0 Å². The van der Waals surface area contributed by atoms with Crippen LogP contribution in [0.25, 0.3) is 26.9 Å². The number of carbonyl (C=O) groups is 2. The molecule has 0 atom stereocenters. The highest BCUT2D eigenvalue weighted by atomic mass is 35.5. The molecule has 216 valence electrons. The van der Waals surface area contributed by atoms with E-state index in [1.807, 2.05) is 32.9 Å². The predicted octanol–water partition coefficient (Wildman–Crippen LogP) is 7.77. The van der Waals surface area contributed by atoms with Crippen molar-refractivity contribution >= 4 is 62.2 Å². The summed E-state index contributed by atoms with van der Waals surface area (Å²) in [5.74, 6) is 0.455. The van der Waals surface area contributed by atoms with Crippen molar-refractivity contribution in [2.24, 2.45) is 0 Å². The molecule has 4 aromatic rings. The van der Waals surface area contributed by atoms with Gasteiger partial charge in [0.15, 0.2) is 5.82 Å². The van der Waals surface area contributed by atoms with Gasteiger partial charge in [-0.05, 0) is 73.9 Å². The molecular weight excluding hydrogens is 566 g/mol. The zero-order valence-electron chi connectivity index (χ0n) is 24.7. The molecule has 0 N–H and O–H groups in total. The maximum atomic E-state index is 13.9. The lowest BCUT2D eigenvalue weighted by atomic mass is 10.1. The molecule has 0 saturated carbocycles. The minimum Gasteiger partial charge on any atom is -0.496 e. The Morgan fingerprint density at radius 2 is 1.61 bits per heavy atom. The van der Waals surface area contributed by atoms with E-state index in [1.165, 1.54) is 11.3 Å². The van der Waals surface area contributed by atoms with Crippen LogP contribution >= 0.6 is 22.9 Å². The Hall–Kier alpha value is -3.88. The van der Waals surface area contributed by atoms with Crippen LogP contribution in [0.4, 0.5) is 15.4 Å². The molecular formula is C29H32ClN5O5S. The van der Waals surface area contributed by atoms with Gasteiger partial charge in [-0.15, -0.1) is 0 Å². The standard InChI is InChI=1S/C29H32ClN5O5S/c1-14-11-12-18(38-10)15(2)21(14)34-22-19(23(30)33-24-20(22)32-16(3)41-24)17(13-31)25(34)35(26(36)39-28(4,5)6)27(37)40-29(7,8)9/h11-12H,1-10H3. The number of aromatic nitrogens is 3. The number of nitriles is 1. The number of rotatable bonds is 3. The van der Waals surface area contributed by atoms with Crippen molar-refractivity contribution in [1.82, 2.24) is 14.5 Å². The van der Waals surface area contributed by atoms with Gasteiger partial charge in [-0.3, -0.25) is 4.57 Å². The number of carbonyl (C=O) groups excluding carboxylic acids is 2. The fourth-order valence-corrected chi connectivity index (χ4v) is 5.67. The molecule has 4 rings (SSSR count). The SMILES string of the molecule is COc1ccc(C)c(-n2c(N(C(=O)OC(C)(C)C)C(=O)OC(C)(C)C)c(C#N)c3c(Cl)nc4sc(C)nc4c32)c1C. The van der Waals surface area contributed by atoms with Crippen LogP contribution in [-0.4, -0.2) is 45.0 Å². The number of nitrogens with zero attached hydrogens (tertiary/aromatic N) is 5. The normalized spacial score (nSPS) is 12.0. The van der Waals surface area contributed by atoms with Crippen LogP contribution in [0, 0.1) is 32.1 Å². The first kappa shape index (κ1) is 30.1. The molecule has 1 aromatic carbocycles. The summed E-state index contributed by atoms with van der Waals surface area (Å²) in [6.07, 6.45) is -2.06. The van der Waals surface area contributed by atoms with Crippen LogP contribution in [0.1, 0.15) is 63.2 Å². The maximum Gasteiger partial charge on any atom is 0.425 e. The Bertz CT molecular complexity index is 1730. The Morgan fingerprint density at radius 1 is 1.02 bits per heavy atom. The smallest absolute Gasteiger partial charge is 0.425 e. The summed E-state index contributed by atoms with van der Waals surface area (Å²) in [7, 11) is 1.55. The summed E-state index contributed by atoms with van der Waals surface area (Å²) in [6, 6.07) is 5.83. The second-order valence-corrected chi connectivity index (χ2v) is 13.1. The molecule has 0 saturated heterocycles. The third kappa shape index (κ3) is 5.54. The Kier molecular flexibility index (Phi) is 7.71. The third-order valence-corrected chi connectivity index (χ3v) is 7.13. The van der Waals surface area contributed by atoms with Gasteiger partial charge in [0.1, 0.15) is 44.1 Å². The van der Waals surface area contributed by atoms with Crippen molar-refractivity contribution in [2.75, 3.05) is 12.0 Å². The summed E-state index contributed by atoms with van der Waals surface area (Å²) in [6.45, 7) is 15.6. The topological polar surface area (TPSA) is 120 Å². The van der Waals surface area contributed by atoms with Gasteiger partial charge in [0, 0.05) is 5.56 Å². The van der Waals surface area contributed by atoms with Gasteiger partial charge >= 0.3 is 12.2 Å². The van der Waals surface area contributed by atoms with Gasteiger partial charge in [0.25, 0.3) is 0 Å².